The Morgan fingerprint density at radius 3 is 2.23 bits per heavy atom. The topological polar surface area (TPSA) is 24.9 Å². The third-order valence-corrected chi connectivity index (χ3v) is 4.36. The number of hydrogen-bond acceptors (Lipinski definition) is 2. The first kappa shape index (κ1) is 16.7. The number of rotatable bonds is 7. The van der Waals surface area contributed by atoms with Crippen LogP contribution in [0.5, 0.6) is 0 Å². The van der Waals surface area contributed by atoms with Crippen LogP contribution in [0.4, 0.5) is 0 Å². The third-order valence-electron chi connectivity index (χ3n) is 4.36. The molecule has 0 fully saturated rings. The van der Waals surface area contributed by atoms with Gasteiger partial charge in [0, 0.05) is 18.9 Å². The van der Waals surface area contributed by atoms with Gasteiger partial charge in [-0.15, -0.1) is 0 Å². The van der Waals surface area contributed by atoms with Gasteiger partial charge in [-0.25, -0.2) is 0 Å². The van der Waals surface area contributed by atoms with Crippen molar-refractivity contribution in [3.8, 4) is 0 Å². The zero-order valence-electron chi connectivity index (χ0n) is 14.3. The molecule has 0 aliphatic rings. The van der Waals surface area contributed by atoms with Gasteiger partial charge in [-0.1, -0.05) is 52.0 Å². The fourth-order valence-electron chi connectivity index (χ4n) is 2.60. The van der Waals surface area contributed by atoms with Crippen LogP contribution in [-0.4, -0.2) is 11.5 Å². The molecule has 2 heteroatoms. The van der Waals surface area contributed by atoms with Gasteiger partial charge in [-0.05, 0) is 53.1 Å². The molecule has 22 heavy (non-hydrogen) atoms. The SMILES string of the molecule is CC(C)c1ccc(CNCCC(C)(C)c2ccncc2)cc1. The molecule has 0 bridgehead atoms. The van der Waals surface area contributed by atoms with Crippen molar-refractivity contribution in [3.63, 3.8) is 0 Å². The molecule has 2 rings (SSSR count). The molecule has 0 spiro atoms. The lowest BCUT2D eigenvalue weighted by Gasteiger charge is -2.25. The molecule has 0 saturated carbocycles. The summed E-state index contributed by atoms with van der Waals surface area (Å²) >= 11 is 0. The molecule has 0 aliphatic carbocycles. The summed E-state index contributed by atoms with van der Waals surface area (Å²) in [7, 11) is 0. The molecular weight excluding hydrogens is 268 g/mol. The Morgan fingerprint density at radius 1 is 1.00 bits per heavy atom. The van der Waals surface area contributed by atoms with Gasteiger partial charge in [0.15, 0.2) is 0 Å². The number of benzene rings is 1. The lowest BCUT2D eigenvalue weighted by Crippen LogP contribution is -2.25. The summed E-state index contributed by atoms with van der Waals surface area (Å²) in [5.41, 5.74) is 4.29. The molecule has 2 aromatic rings. The van der Waals surface area contributed by atoms with E-state index in [1.807, 2.05) is 12.4 Å². The highest BCUT2D eigenvalue weighted by Crippen LogP contribution is 2.25. The molecule has 1 aromatic carbocycles. The maximum Gasteiger partial charge on any atom is 0.0270 e. The minimum Gasteiger partial charge on any atom is -0.313 e. The van der Waals surface area contributed by atoms with Gasteiger partial charge in [0.1, 0.15) is 0 Å². The maximum absolute atomic E-state index is 4.10. The first-order valence-corrected chi connectivity index (χ1v) is 8.19. The quantitative estimate of drug-likeness (QED) is 0.751. The van der Waals surface area contributed by atoms with Crippen molar-refractivity contribution in [2.45, 2.75) is 52.0 Å². The second-order valence-corrected chi connectivity index (χ2v) is 6.94. The third kappa shape index (κ3) is 4.67. The fourth-order valence-corrected chi connectivity index (χ4v) is 2.60. The zero-order chi connectivity index (χ0) is 16.0. The second kappa shape index (κ2) is 7.55. The molecule has 1 heterocycles. The predicted molar refractivity (Wildman–Crippen MR) is 94.1 cm³/mol. The monoisotopic (exact) mass is 296 g/mol. The van der Waals surface area contributed by atoms with Gasteiger partial charge in [-0.2, -0.15) is 0 Å². The van der Waals surface area contributed by atoms with E-state index in [4.69, 9.17) is 0 Å². The molecule has 0 saturated heterocycles. The van der Waals surface area contributed by atoms with Crippen molar-refractivity contribution in [1.82, 2.24) is 10.3 Å². The van der Waals surface area contributed by atoms with Crippen LogP contribution in [-0.2, 0) is 12.0 Å². The van der Waals surface area contributed by atoms with E-state index >= 15 is 0 Å². The Balaban J connectivity index is 1.79. The molecular formula is C20H28N2. The summed E-state index contributed by atoms with van der Waals surface area (Å²) in [6.45, 7) is 11.0. The van der Waals surface area contributed by atoms with Crippen LogP contribution in [0, 0.1) is 0 Å². The van der Waals surface area contributed by atoms with Crippen LogP contribution >= 0.6 is 0 Å². The molecule has 2 nitrogen and oxygen atoms in total. The van der Waals surface area contributed by atoms with E-state index in [1.54, 1.807) is 0 Å². The van der Waals surface area contributed by atoms with E-state index in [2.05, 4.69) is 74.4 Å². The Morgan fingerprint density at radius 2 is 1.64 bits per heavy atom. The van der Waals surface area contributed by atoms with E-state index in [-0.39, 0.29) is 5.41 Å². The number of pyridine rings is 1. The smallest absolute Gasteiger partial charge is 0.0270 e. The van der Waals surface area contributed by atoms with Crippen molar-refractivity contribution >= 4 is 0 Å². The summed E-state index contributed by atoms with van der Waals surface area (Å²) < 4.78 is 0. The number of aromatic nitrogens is 1. The van der Waals surface area contributed by atoms with Crippen molar-refractivity contribution in [1.29, 1.82) is 0 Å². The largest absolute Gasteiger partial charge is 0.313 e. The second-order valence-electron chi connectivity index (χ2n) is 6.94. The van der Waals surface area contributed by atoms with E-state index in [0.29, 0.717) is 5.92 Å². The molecule has 0 atom stereocenters. The fraction of sp³-hybridized carbons (Fsp3) is 0.450. The first-order valence-electron chi connectivity index (χ1n) is 8.19. The minimum atomic E-state index is 0.178. The van der Waals surface area contributed by atoms with Gasteiger partial charge in [0.05, 0.1) is 0 Å². The number of nitrogens with one attached hydrogen (secondary N) is 1. The molecule has 118 valence electrons. The lowest BCUT2D eigenvalue weighted by atomic mass is 9.82. The van der Waals surface area contributed by atoms with Crippen molar-refractivity contribution < 1.29 is 0 Å². The molecule has 0 amide bonds. The Kier molecular flexibility index (Phi) is 5.73. The summed E-state index contributed by atoms with van der Waals surface area (Å²) in [5.74, 6) is 0.600. The van der Waals surface area contributed by atoms with Crippen LogP contribution < -0.4 is 5.32 Å². The van der Waals surface area contributed by atoms with Crippen LogP contribution in [0.2, 0.25) is 0 Å². The van der Waals surface area contributed by atoms with E-state index in [1.165, 1.54) is 16.7 Å². The maximum atomic E-state index is 4.10. The Bertz CT molecular complexity index is 556. The lowest BCUT2D eigenvalue weighted by molar-refractivity contribution is 0.456. The average molecular weight is 296 g/mol. The average Bonchev–Trinajstić information content (AvgIpc) is 2.53. The van der Waals surface area contributed by atoms with E-state index in [0.717, 1.165) is 19.5 Å². The van der Waals surface area contributed by atoms with Crippen LogP contribution in [0.25, 0.3) is 0 Å². The van der Waals surface area contributed by atoms with Gasteiger partial charge in [0.2, 0.25) is 0 Å². The van der Waals surface area contributed by atoms with Gasteiger partial charge >= 0.3 is 0 Å². The Labute approximate surface area is 135 Å². The summed E-state index contributed by atoms with van der Waals surface area (Å²) in [6, 6.07) is 13.2. The van der Waals surface area contributed by atoms with Crippen LogP contribution in [0.15, 0.2) is 48.8 Å². The highest BCUT2D eigenvalue weighted by atomic mass is 14.8. The van der Waals surface area contributed by atoms with Gasteiger partial charge in [-0.3, -0.25) is 4.98 Å². The number of hydrogen-bond donors (Lipinski definition) is 1. The predicted octanol–water partition coefficient (Wildman–Crippen LogP) is 4.66. The molecule has 0 unspecified atom stereocenters. The van der Waals surface area contributed by atoms with Crippen LogP contribution in [0.3, 0.4) is 0 Å². The minimum absolute atomic E-state index is 0.178. The van der Waals surface area contributed by atoms with Gasteiger partial charge in [0.25, 0.3) is 0 Å². The first-order chi connectivity index (χ1) is 10.5. The standard InChI is InChI=1S/C20H28N2/c1-16(2)18-7-5-17(6-8-18)15-22-14-11-20(3,4)19-9-12-21-13-10-19/h5-10,12-13,16,22H,11,14-15H2,1-4H3. The Hall–Kier alpha value is -1.67. The molecule has 0 radical (unpaired) electrons. The van der Waals surface area contributed by atoms with E-state index in [9.17, 15) is 0 Å². The van der Waals surface area contributed by atoms with Crippen LogP contribution in [0.1, 0.15) is 56.7 Å². The molecule has 1 aromatic heterocycles. The normalized spacial score (nSPS) is 11.9. The molecule has 1 N–H and O–H groups in total. The van der Waals surface area contributed by atoms with Crippen molar-refractivity contribution in [3.05, 3.63) is 65.5 Å². The highest BCUT2D eigenvalue weighted by molar-refractivity contribution is 5.24. The molecule has 0 aliphatic heterocycles. The highest BCUT2D eigenvalue weighted by Gasteiger charge is 2.19. The summed E-state index contributed by atoms with van der Waals surface area (Å²) in [6.07, 6.45) is 4.86. The van der Waals surface area contributed by atoms with Gasteiger partial charge < -0.3 is 5.32 Å². The zero-order valence-corrected chi connectivity index (χ0v) is 14.3. The van der Waals surface area contributed by atoms with E-state index < -0.39 is 0 Å². The number of nitrogens with zero attached hydrogens (tertiary/aromatic N) is 1. The summed E-state index contributed by atoms with van der Waals surface area (Å²) in [4.78, 5) is 4.10. The van der Waals surface area contributed by atoms with Crippen molar-refractivity contribution in [2.75, 3.05) is 6.54 Å². The van der Waals surface area contributed by atoms with Crippen molar-refractivity contribution in [2.24, 2.45) is 0 Å². The summed E-state index contributed by atoms with van der Waals surface area (Å²) in [5, 5.41) is 3.56.